The lowest BCUT2D eigenvalue weighted by atomic mass is 9.97. The molecule has 2 unspecified atom stereocenters. The van der Waals surface area contributed by atoms with Crippen LogP contribution < -0.4 is 0 Å². The van der Waals surface area contributed by atoms with Gasteiger partial charge in [-0.25, -0.2) is 0 Å². The monoisotopic (exact) mass is 247 g/mol. The van der Waals surface area contributed by atoms with Crippen LogP contribution in [0.1, 0.15) is 42.6 Å². The van der Waals surface area contributed by atoms with E-state index in [4.69, 9.17) is 0 Å². The van der Waals surface area contributed by atoms with Gasteiger partial charge in [-0.3, -0.25) is 0 Å². The van der Waals surface area contributed by atoms with Gasteiger partial charge in [-0.05, 0) is 50.3 Å². The minimum Gasteiger partial charge on any atom is -0.387 e. The van der Waals surface area contributed by atoms with Crippen LogP contribution in [0.4, 0.5) is 0 Å². The van der Waals surface area contributed by atoms with Crippen LogP contribution in [0.3, 0.4) is 0 Å². The summed E-state index contributed by atoms with van der Waals surface area (Å²) in [6.07, 6.45) is 2.24. The molecule has 0 radical (unpaired) electrons. The number of hydrogen-bond donors (Lipinski definition) is 1. The normalized spacial score (nSPS) is 23.0. The van der Waals surface area contributed by atoms with Crippen LogP contribution in [0.15, 0.2) is 18.2 Å². The summed E-state index contributed by atoms with van der Waals surface area (Å²) in [5, 5.41) is 10.4. The first-order chi connectivity index (χ1) is 8.56. The van der Waals surface area contributed by atoms with Crippen LogP contribution in [-0.2, 0) is 0 Å². The lowest BCUT2D eigenvalue weighted by Crippen LogP contribution is -2.37. The van der Waals surface area contributed by atoms with E-state index < -0.39 is 0 Å². The van der Waals surface area contributed by atoms with E-state index in [9.17, 15) is 5.11 Å². The van der Waals surface area contributed by atoms with E-state index in [-0.39, 0.29) is 6.10 Å². The van der Waals surface area contributed by atoms with Gasteiger partial charge in [0, 0.05) is 13.1 Å². The van der Waals surface area contributed by atoms with Gasteiger partial charge < -0.3 is 10.0 Å². The molecule has 2 rings (SSSR count). The van der Waals surface area contributed by atoms with Crippen molar-refractivity contribution in [1.29, 1.82) is 0 Å². The molecule has 0 aliphatic carbocycles. The summed E-state index contributed by atoms with van der Waals surface area (Å²) in [5.41, 5.74) is 3.51. The Morgan fingerprint density at radius 3 is 2.89 bits per heavy atom. The van der Waals surface area contributed by atoms with E-state index >= 15 is 0 Å². The predicted molar refractivity (Wildman–Crippen MR) is 75.7 cm³/mol. The molecule has 1 aromatic carbocycles. The third kappa shape index (κ3) is 3.33. The SMILES string of the molecule is Cc1ccc(C)c(C(O)CN2CCCC(C)C2)c1. The van der Waals surface area contributed by atoms with Gasteiger partial charge in [0.25, 0.3) is 0 Å². The summed E-state index contributed by atoms with van der Waals surface area (Å²) in [6.45, 7) is 9.49. The molecule has 1 N–H and O–H groups in total. The molecule has 1 aliphatic heterocycles. The molecule has 1 aliphatic rings. The first-order valence-electron chi connectivity index (χ1n) is 7.04. The van der Waals surface area contributed by atoms with Gasteiger partial charge in [-0.2, -0.15) is 0 Å². The van der Waals surface area contributed by atoms with Crippen LogP contribution >= 0.6 is 0 Å². The summed E-state index contributed by atoms with van der Waals surface area (Å²) in [4.78, 5) is 2.40. The van der Waals surface area contributed by atoms with Crippen molar-refractivity contribution in [2.75, 3.05) is 19.6 Å². The first-order valence-corrected chi connectivity index (χ1v) is 7.04. The van der Waals surface area contributed by atoms with Crippen molar-refractivity contribution in [3.05, 3.63) is 34.9 Å². The molecule has 1 heterocycles. The number of rotatable bonds is 3. The number of nitrogens with zero attached hydrogens (tertiary/aromatic N) is 1. The second-order valence-corrected chi connectivity index (χ2v) is 5.88. The highest BCUT2D eigenvalue weighted by molar-refractivity contribution is 5.32. The Kier molecular flexibility index (Phi) is 4.41. The minimum absolute atomic E-state index is 0.352. The van der Waals surface area contributed by atoms with Crippen molar-refractivity contribution in [2.45, 2.75) is 39.7 Å². The number of β-amino-alcohol motifs (C(OH)–C–C–N with tert-alkyl or cyclic N) is 1. The Morgan fingerprint density at radius 1 is 1.39 bits per heavy atom. The third-order valence-corrected chi connectivity index (χ3v) is 3.97. The Bertz CT molecular complexity index is 402. The van der Waals surface area contributed by atoms with Gasteiger partial charge in [0.2, 0.25) is 0 Å². The van der Waals surface area contributed by atoms with Crippen molar-refractivity contribution in [2.24, 2.45) is 5.92 Å². The number of hydrogen-bond acceptors (Lipinski definition) is 2. The molecule has 0 aromatic heterocycles. The molecule has 0 spiro atoms. The van der Waals surface area contributed by atoms with Gasteiger partial charge in [0.05, 0.1) is 6.10 Å². The number of aryl methyl sites for hydroxylation is 2. The Labute approximate surface area is 111 Å². The zero-order valence-corrected chi connectivity index (χ0v) is 11.8. The molecular formula is C16H25NO. The van der Waals surface area contributed by atoms with Crippen molar-refractivity contribution >= 4 is 0 Å². The zero-order valence-electron chi connectivity index (χ0n) is 11.8. The average Bonchev–Trinajstić information content (AvgIpc) is 2.32. The predicted octanol–water partition coefficient (Wildman–Crippen LogP) is 3.07. The second kappa shape index (κ2) is 5.85. The standard InChI is InChI=1S/C16H25NO/c1-12-6-7-14(3)15(9-12)16(18)11-17-8-4-5-13(2)10-17/h6-7,9,13,16,18H,4-5,8,10-11H2,1-3H3. The van der Waals surface area contributed by atoms with Crippen LogP contribution in [0.5, 0.6) is 0 Å². The maximum Gasteiger partial charge on any atom is 0.0919 e. The summed E-state index contributed by atoms with van der Waals surface area (Å²) in [6, 6.07) is 6.33. The molecule has 18 heavy (non-hydrogen) atoms. The summed E-state index contributed by atoms with van der Waals surface area (Å²) < 4.78 is 0. The molecule has 100 valence electrons. The topological polar surface area (TPSA) is 23.5 Å². The quantitative estimate of drug-likeness (QED) is 0.887. The van der Waals surface area contributed by atoms with Crippen molar-refractivity contribution < 1.29 is 5.11 Å². The molecule has 0 saturated carbocycles. The summed E-state index contributed by atoms with van der Waals surface area (Å²) in [5.74, 6) is 0.768. The highest BCUT2D eigenvalue weighted by atomic mass is 16.3. The van der Waals surface area contributed by atoms with Gasteiger partial charge in [-0.15, -0.1) is 0 Å². The molecule has 2 heteroatoms. The number of piperidine rings is 1. The van der Waals surface area contributed by atoms with E-state index in [1.807, 2.05) is 0 Å². The lowest BCUT2D eigenvalue weighted by Gasteiger charge is -2.32. The maximum absolute atomic E-state index is 10.4. The smallest absolute Gasteiger partial charge is 0.0919 e. The number of aliphatic hydroxyl groups is 1. The molecule has 0 bridgehead atoms. The third-order valence-electron chi connectivity index (χ3n) is 3.97. The average molecular weight is 247 g/mol. The lowest BCUT2D eigenvalue weighted by molar-refractivity contribution is 0.0872. The fourth-order valence-electron chi connectivity index (χ4n) is 2.91. The molecule has 1 fully saturated rings. The van der Waals surface area contributed by atoms with E-state index in [0.717, 1.165) is 31.1 Å². The molecule has 2 atom stereocenters. The fourth-order valence-corrected chi connectivity index (χ4v) is 2.91. The van der Waals surface area contributed by atoms with Crippen LogP contribution in [0, 0.1) is 19.8 Å². The Balaban J connectivity index is 2.02. The summed E-state index contributed by atoms with van der Waals surface area (Å²) in [7, 11) is 0. The van der Waals surface area contributed by atoms with Gasteiger partial charge >= 0.3 is 0 Å². The van der Waals surface area contributed by atoms with E-state index in [0.29, 0.717) is 0 Å². The molecular weight excluding hydrogens is 222 g/mol. The van der Waals surface area contributed by atoms with Gasteiger partial charge in [-0.1, -0.05) is 30.7 Å². The maximum atomic E-state index is 10.4. The van der Waals surface area contributed by atoms with Gasteiger partial charge in [0.1, 0.15) is 0 Å². The Morgan fingerprint density at radius 2 is 2.17 bits per heavy atom. The molecule has 1 saturated heterocycles. The number of benzene rings is 1. The summed E-state index contributed by atoms with van der Waals surface area (Å²) >= 11 is 0. The first kappa shape index (κ1) is 13.6. The number of likely N-dealkylation sites (tertiary alicyclic amines) is 1. The highest BCUT2D eigenvalue weighted by Crippen LogP contribution is 2.23. The largest absolute Gasteiger partial charge is 0.387 e. The van der Waals surface area contributed by atoms with Crippen LogP contribution in [-0.4, -0.2) is 29.6 Å². The van der Waals surface area contributed by atoms with Crippen molar-refractivity contribution in [3.8, 4) is 0 Å². The van der Waals surface area contributed by atoms with Crippen molar-refractivity contribution in [3.63, 3.8) is 0 Å². The van der Waals surface area contributed by atoms with E-state index in [1.165, 1.54) is 24.0 Å². The van der Waals surface area contributed by atoms with Crippen LogP contribution in [0.25, 0.3) is 0 Å². The van der Waals surface area contributed by atoms with Crippen molar-refractivity contribution in [1.82, 2.24) is 4.90 Å². The van der Waals surface area contributed by atoms with E-state index in [2.05, 4.69) is 43.9 Å². The molecule has 0 amide bonds. The Hall–Kier alpha value is -0.860. The van der Waals surface area contributed by atoms with Crippen LogP contribution in [0.2, 0.25) is 0 Å². The molecule has 1 aromatic rings. The van der Waals surface area contributed by atoms with Gasteiger partial charge in [0.15, 0.2) is 0 Å². The zero-order chi connectivity index (χ0) is 13.1. The second-order valence-electron chi connectivity index (χ2n) is 5.88. The minimum atomic E-state index is -0.352. The fraction of sp³-hybridized carbons (Fsp3) is 0.625. The highest BCUT2D eigenvalue weighted by Gasteiger charge is 2.20. The number of aliphatic hydroxyl groups excluding tert-OH is 1. The van der Waals surface area contributed by atoms with E-state index in [1.54, 1.807) is 0 Å². The molecule has 2 nitrogen and oxygen atoms in total.